The van der Waals surface area contributed by atoms with Crippen LogP contribution in [0.4, 0.5) is 0 Å². The number of nitrogens with zero attached hydrogens (tertiary/aromatic N) is 1. The van der Waals surface area contributed by atoms with Crippen molar-refractivity contribution >= 4 is 17.5 Å². The highest BCUT2D eigenvalue weighted by Crippen LogP contribution is 2.56. The number of carbonyl (C=O) groups excluding carboxylic acids is 3. The molecule has 0 heterocycles. The summed E-state index contributed by atoms with van der Waals surface area (Å²) in [7, 11) is 2.96. The van der Waals surface area contributed by atoms with Gasteiger partial charge in [-0.2, -0.15) is 0 Å². The lowest BCUT2D eigenvalue weighted by molar-refractivity contribution is -0.151. The lowest BCUT2D eigenvalue weighted by Crippen LogP contribution is -2.67. The topological polar surface area (TPSA) is 182 Å². The number of hydrogen-bond acceptors (Lipinski definition) is 9. The van der Waals surface area contributed by atoms with Crippen molar-refractivity contribution in [1.29, 1.82) is 0 Å². The predicted molar refractivity (Wildman–Crippen MR) is 134 cm³/mol. The number of aromatic hydroxyl groups is 1. The predicted octanol–water partition coefficient (Wildman–Crippen LogP) is 0.875. The van der Waals surface area contributed by atoms with E-state index in [9.17, 15) is 39.9 Å². The molecule has 0 aromatic heterocycles. The number of hydrogen-bond donors (Lipinski definition) is 6. The van der Waals surface area contributed by atoms with E-state index in [2.05, 4.69) is 0 Å². The summed E-state index contributed by atoms with van der Waals surface area (Å²) in [6.45, 7) is 0. The largest absolute Gasteiger partial charge is 0.508 e. The molecule has 0 fully saturated rings. The first-order valence-electron chi connectivity index (χ1n) is 12.1. The van der Waals surface area contributed by atoms with Gasteiger partial charge in [0.05, 0.1) is 23.6 Å². The van der Waals surface area contributed by atoms with Crippen molar-refractivity contribution < 1.29 is 39.9 Å². The fourth-order valence-corrected chi connectivity index (χ4v) is 6.50. The van der Waals surface area contributed by atoms with Crippen LogP contribution in [0.3, 0.4) is 0 Å². The molecular weight excluding hydrogens is 492 g/mol. The third kappa shape index (κ3) is 3.34. The zero-order chi connectivity index (χ0) is 27.7. The second-order valence-corrected chi connectivity index (χ2v) is 10.3. The Balaban J connectivity index is 1.83. The molecule has 0 saturated carbocycles. The zero-order valence-electron chi connectivity index (χ0n) is 20.7. The van der Waals surface area contributed by atoms with Crippen LogP contribution < -0.4 is 5.73 Å². The zero-order valence-corrected chi connectivity index (χ0v) is 20.7. The van der Waals surface area contributed by atoms with E-state index in [0.717, 1.165) is 5.56 Å². The lowest BCUT2D eigenvalue weighted by atomic mass is 9.54. The molecule has 0 spiro atoms. The van der Waals surface area contributed by atoms with Crippen LogP contribution in [-0.2, 0) is 16.0 Å². The van der Waals surface area contributed by atoms with E-state index in [1.54, 1.807) is 12.1 Å². The van der Waals surface area contributed by atoms with Crippen molar-refractivity contribution in [3.63, 3.8) is 0 Å². The normalized spacial score (nSPS) is 30.7. The Morgan fingerprint density at radius 2 is 1.66 bits per heavy atom. The molecule has 5 rings (SSSR count). The van der Waals surface area contributed by atoms with Gasteiger partial charge in [-0.05, 0) is 43.6 Å². The average molecular weight is 521 g/mol. The molecule has 198 valence electrons. The SMILES string of the molecule is CN(C)[C@@H]1C(=O)C(C(N)=O)=C(O)[C@@]2(O)C(O)=C3C(=O)c4c(O)cccc4[C@H](Cc4ccccc4)[C@H]3[C@H](O)[C@@H]12. The van der Waals surface area contributed by atoms with Crippen LogP contribution in [0.5, 0.6) is 5.75 Å². The van der Waals surface area contributed by atoms with Gasteiger partial charge in [0.1, 0.15) is 22.8 Å². The van der Waals surface area contributed by atoms with Gasteiger partial charge in [-0.1, -0.05) is 42.5 Å². The van der Waals surface area contributed by atoms with Crippen LogP contribution in [0.15, 0.2) is 71.2 Å². The Bertz CT molecular complexity index is 1430. The number of nitrogens with two attached hydrogens (primary N) is 1. The summed E-state index contributed by atoms with van der Waals surface area (Å²) in [6.07, 6.45) is -1.37. The molecule has 0 radical (unpaired) electrons. The second-order valence-electron chi connectivity index (χ2n) is 10.3. The minimum Gasteiger partial charge on any atom is -0.508 e. The monoisotopic (exact) mass is 520 g/mol. The number of carbonyl (C=O) groups is 3. The summed E-state index contributed by atoms with van der Waals surface area (Å²) < 4.78 is 0. The number of primary amides is 1. The average Bonchev–Trinajstić information content (AvgIpc) is 2.86. The number of likely N-dealkylation sites (N-methyl/N-ethyl adjacent to an activating group) is 1. The summed E-state index contributed by atoms with van der Waals surface area (Å²) in [5.74, 6) is -9.03. The first-order valence-corrected chi connectivity index (χ1v) is 12.1. The number of benzene rings is 2. The first-order chi connectivity index (χ1) is 17.9. The molecule has 0 aliphatic heterocycles. The molecular formula is C28H28N2O8. The van der Waals surface area contributed by atoms with Gasteiger partial charge in [0.15, 0.2) is 17.2 Å². The number of rotatable bonds is 4. The highest BCUT2D eigenvalue weighted by atomic mass is 16.4. The van der Waals surface area contributed by atoms with Gasteiger partial charge in [0, 0.05) is 11.5 Å². The second kappa shape index (κ2) is 8.80. The number of ketones is 2. The molecule has 1 amide bonds. The fourth-order valence-electron chi connectivity index (χ4n) is 6.50. The third-order valence-electron chi connectivity index (χ3n) is 8.10. The highest BCUT2D eigenvalue weighted by Gasteiger charge is 2.66. The Morgan fingerprint density at radius 3 is 2.26 bits per heavy atom. The van der Waals surface area contributed by atoms with Crippen molar-refractivity contribution in [3.05, 3.63) is 87.9 Å². The van der Waals surface area contributed by atoms with Gasteiger partial charge >= 0.3 is 0 Å². The minimum atomic E-state index is -2.87. The van der Waals surface area contributed by atoms with Gasteiger partial charge in [-0.3, -0.25) is 19.3 Å². The van der Waals surface area contributed by atoms with Crippen LogP contribution in [0.25, 0.3) is 0 Å². The van der Waals surface area contributed by atoms with E-state index in [0.29, 0.717) is 5.56 Å². The molecule has 38 heavy (non-hydrogen) atoms. The summed E-state index contributed by atoms with van der Waals surface area (Å²) in [5.41, 5.74) is 2.33. The van der Waals surface area contributed by atoms with E-state index < -0.39 is 75.6 Å². The van der Waals surface area contributed by atoms with Crippen molar-refractivity contribution in [1.82, 2.24) is 4.90 Å². The summed E-state index contributed by atoms with van der Waals surface area (Å²) in [4.78, 5) is 40.6. The molecule has 3 aliphatic carbocycles. The molecule has 10 nitrogen and oxygen atoms in total. The van der Waals surface area contributed by atoms with Crippen LogP contribution in [0.2, 0.25) is 0 Å². The molecule has 3 aliphatic rings. The van der Waals surface area contributed by atoms with Crippen molar-refractivity contribution in [3.8, 4) is 5.75 Å². The van der Waals surface area contributed by atoms with E-state index in [4.69, 9.17) is 5.73 Å². The molecule has 10 heteroatoms. The van der Waals surface area contributed by atoms with Crippen LogP contribution in [0, 0.1) is 11.8 Å². The Morgan fingerprint density at radius 1 is 1.00 bits per heavy atom. The maximum absolute atomic E-state index is 13.8. The molecule has 6 atom stereocenters. The minimum absolute atomic E-state index is 0.102. The number of fused-ring (bicyclic) bond motifs is 3. The smallest absolute Gasteiger partial charge is 0.255 e. The number of phenols is 1. The number of aliphatic hydroxyl groups excluding tert-OH is 3. The van der Waals surface area contributed by atoms with E-state index >= 15 is 0 Å². The standard InChI is InChI=1S/C28H28N2O8/c1-30(2)21-20-23(33)17-14(11-12-7-4-3-5-8-12)13-9-6-10-15(31)16(13)22(32)18(17)25(35)28(20,38)26(36)19(24(21)34)27(29)37/h3-10,14,17,20-21,23,31,33,35-36,38H,11H2,1-2H3,(H2,29,37)/t14-,17+,20+,21-,23-,28-/m0/s1. The number of aliphatic hydroxyl groups is 4. The lowest BCUT2D eigenvalue weighted by Gasteiger charge is -2.54. The quantitative estimate of drug-likeness (QED) is 0.319. The van der Waals surface area contributed by atoms with Crippen molar-refractivity contribution in [2.24, 2.45) is 17.6 Å². The molecule has 2 aromatic carbocycles. The third-order valence-corrected chi connectivity index (χ3v) is 8.10. The van der Waals surface area contributed by atoms with Gasteiger partial charge < -0.3 is 31.3 Å². The van der Waals surface area contributed by atoms with Crippen LogP contribution in [0.1, 0.15) is 27.4 Å². The molecule has 0 unspecified atom stereocenters. The highest BCUT2D eigenvalue weighted by molar-refractivity contribution is 6.22. The Labute approximate surface area is 217 Å². The van der Waals surface area contributed by atoms with Crippen molar-refractivity contribution in [2.45, 2.75) is 30.1 Å². The summed E-state index contributed by atoms with van der Waals surface area (Å²) >= 11 is 0. The molecule has 2 aromatic rings. The van der Waals surface area contributed by atoms with Gasteiger partial charge in [-0.25, -0.2) is 0 Å². The van der Waals surface area contributed by atoms with E-state index in [1.165, 1.54) is 25.1 Å². The number of Topliss-reactive ketones (excluding diaryl/α,β-unsaturated/α-hetero) is 2. The summed E-state index contributed by atoms with van der Waals surface area (Å²) in [6, 6.07) is 12.4. The van der Waals surface area contributed by atoms with Crippen molar-refractivity contribution in [2.75, 3.05) is 14.1 Å². The first kappa shape index (κ1) is 25.7. The van der Waals surface area contributed by atoms with Gasteiger partial charge in [0.25, 0.3) is 5.91 Å². The number of phenolic OH excluding ortho intramolecular Hbond substituents is 1. The number of amides is 1. The molecule has 7 N–H and O–H groups in total. The van der Waals surface area contributed by atoms with Gasteiger partial charge in [-0.15, -0.1) is 0 Å². The van der Waals surface area contributed by atoms with Gasteiger partial charge in [0.2, 0.25) is 0 Å². The summed E-state index contributed by atoms with van der Waals surface area (Å²) in [5, 5.41) is 56.9. The molecule has 0 bridgehead atoms. The Kier molecular flexibility index (Phi) is 5.94. The Hall–Kier alpha value is -3.99. The maximum Gasteiger partial charge on any atom is 0.255 e. The van der Waals surface area contributed by atoms with Crippen LogP contribution >= 0.6 is 0 Å². The van der Waals surface area contributed by atoms with E-state index in [-0.39, 0.29) is 17.7 Å². The molecule has 0 saturated heterocycles. The maximum atomic E-state index is 13.8. The fraction of sp³-hybridized carbons (Fsp3) is 0.321. The van der Waals surface area contributed by atoms with E-state index in [1.807, 2.05) is 30.3 Å². The van der Waals surface area contributed by atoms with Crippen LogP contribution in [-0.4, -0.2) is 79.7 Å².